The number of hydrogen-bond acceptors (Lipinski definition) is 6. The van der Waals surface area contributed by atoms with Crippen molar-refractivity contribution in [3.63, 3.8) is 0 Å². The standard InChI is InChI=1S/C17H20N4O3/c1-18-17(23)14-6-7-16(20-19-14)21-10-12(22)9-15(21)11-4-3-5-13(8-11)24-2/h3-8,12,15,22H,9-10H2,1-2H3,(H,18,23)/t12-,15+/m0/s1. The monoisotopic (exact) mass is 328 g/mol. The van der Waals surface area contributed by atoms with Crippen LogP contribution >= 0.6 is 0 Å². The van der Waals surface area contributed by atoms with Crippen LogP contribution < -0.4 is 15.0 Å². The maximum atomic E-state index is 11.6. The first-order valence-electron chi connectivity index (χ1n) is 7.77. The number of nitrogens with one attached hydrogen (secondary N) is 1. The third kappa shape index (κ3) is 3.16. The second kappa shape index (κ2) is 6.84. The molecule has 3 rings (SSSR count). The Morgan fingerprint density at radius 2 is 2.17 bits per heavy atom. The van der Waals surface area contributed by atoms with Crippen LogP contribution in [0.4, 0.5) is 5.82 Å². The number of anilines is 1. The molecule has 0 saturated carbocycles. The Bertz CT molecular complexity index is 720. The van der Waals surface area contributed by atoms with Crippen LogP contribution in [0.2, 0.25) is 0 Å². The van der Waals surface area contributed by atoms with Gasteiger partial charge in [0.2, 0.25) is 0 Å². The number of aliphatic hydroxyl groups excluding tert-OH is 1. The van der Waals surface area contributed by atoms with E-state index in [-0.39, 0.29) is 17.6 Å². The molecule has 0 spiro atoms. The van der Waals surface area contributed by atoms with Gasteiger partial charge in [0.1, 0.15) is 5.75 Å². The molecule has 0 radical (unpaired) electrons. The van der Waals surface area contributed by atoms with Crippen molar-refractivity contribution in [3.05, 3.63) is 47.7 Å². The zero-order valence-electron chi connectivity index (χ0n) is 13.6. The Morgan fingerprint density at radius 3 is 2.83 bits per heavy atom. The summed E-state index contributed by atoms with van der Waals surface area (Å²) in [4.78, 5) is 13.6. The number of aliphatic hydroxyl groups is 1. The lowest BCUT2D eigenvalue weighted by molar-refractivity contribution is 0.0957. The largest absolute Gasteiger partial charge is 0.497 e. The Kier molecular flexibility index (Phi) is 4.61. The van der Waals surface area contributed by atoms with Crippen LogP contribution in [0.25, 0.3) is 0 Å². The van der Waals surface area contributed by atoms with Crippen LogP contribution in [0, 0.1) is 0 Å². The van der Waals surface area contributed by atoms with Crippen molar-refractivity contribution in [2.45, 2.75) is 18.6 Å². The topological polar surface area (TPSA) is 87.6 Å². The van der Waals surface area contributed by atoms with Gasteiger partial charge in [-0.25, -0.2) is 0 Å². The van der Waals surface area contributed by atoms with Gasteiger partial charge >= 0.3 is 0 Å². The van der Waals surface area contributed by atoms with E-state index in [4.69, 9.17) is 4.74 Å². The summed E-state index contributed by atoms with van der Waals surface area (Å²) in [5, 5.41) is 20.8. The average Bonchev–Trinajstić information content (AvgIpc) is 3.03. The fourth-order valence-corrected chi connectivity index (χ4v) is 2.96. The second-order valence-corrected chi connectivity index (χ2v) is 5.69. The zero-order chi connectivity index (χ0) is 17.1. The normalized spacial score (nSPS) is 20.0. The number of rotatable bonds is 4. The first kappa shape index (κ1) is 16.2. The summed E-state index contributed by atoms with van der Waals surface area (Å²) in [5.41, 5.74) is 1.31. The molecule has 1 saturated heterocycles. The van der Waals surface area contributed by atoms with Crippen molar-refractivity contribution < 1.29 is 14.6 Å². The molecular weight excluding hydrogens is 308 g/mol. The summed E-state index contributed by atoms with van der Waals surface area (Å²) < 4.78 is 5.28. The third-order valence-electron chi connectivity index (χ3n) is 4.16. The number of amides is 1. The zero-order valence-corrected chi connectivity index (χ0v) is 13.6. The first-order chi connectivity index (χ1) is 11.6. The molecule has 1 aromatic carbocycles. The second-order valence-electron chi connectivity index (χ2n) is 5.69. The molecule has 2 atom stereocenters. The van der Waals surface area contributed by atoms with Gasteiger partial charge in [0.15, 0.2) is 11.5 Å². The summed E-state index contributed by atoms with van der Waals surface area (Å²) in [6.45, 7) is 0.468. The number of methoxy groups -OCH3 is 1. The minimum absolute atomic E-state index is 0.0183. The Labute approximate surface area is 140 Å². The summed E-state index contributed by atoms with van der Waals surface area (Å²) in [6, 6.07) is 11.1. The first-order valence-corrected chi connectivity index (χ1v) is 7.77. The molecule has 2 N–H and O–H groups in total. The minimum atomic E-state index is -0.443. The highest BCUT2D eigenvalue weighted by atomic mass is 16.5. The SMILES string of the molecule is CNC(=O)c1ccc(N2C[C@@H](O)C[C@@H]2c2cccc(OC)c2)nn1. The lowest BCUT2D eigenvalue weighted by Crippen LogP contribution is -2.26. The van der Waals surface area contributed by atoms with Crippen molar-refractivity contribution in [1.29, 1.82) is 0 Å². The predicted octanol–water partition coefficient (Wildman–Crippen LogP) is 1.16. The van der Waals surface area contributed by atoms with Gasteiger partial charge in [-0.05, 0) is 36.2 Å². The Hall–Kier alpha value is -2.67. The van der Waals surface area contributed by atoms with E-state index in [2.05, 4.69) is 15.5 Å². The highest BCUT2D eigenvalue weighted by molar-refractivity contribution is 5.91. The highest BCUT2D eigenvalue weighted by Gasteiger charge is 2.33. The van der Waals surface area contributed by atoms with E-state index in [0.29, 0.717) is 18.8 Å². The Balaban J connectivity index is 1.88. The van der Waals surface area contributed by atoms with Crippen molar-refractivity contribution in [1.82, 2.24) is 15.5 Å². The highest BCUT2D eigenvalue weighted by Crippen LogP contribution is 2.36. The van der Waals surface area contributed by atoms with Crippen molar-refractivity contribution in [2.75, 3.05) is 25.6 Å². The van der Waals surface area contributed by atoms with Crippen molar-refractivity contribution in [3.8, 4) is 5.75 Å². The molecule has 126 valence electrons. The van der Waals surface area contributed by atoms with E-state index in [0.717, 1.165) is 11.3 Å². The summed E-state index contributed by atoms with van der Waals surface area (Å²) in [7, 11) is 3.18. The lowest BCUT2D eigenvalue weighted by Gasteiger charge is -2.25. The summed E-state index contributed by atoms with van der Waals surface area (Å²) >= 11 is 0. The number of β-amino-alcohol motifs (C(OH)–C–C–N with tert-alkyl or cyclic N) is 1. The summed E-state index contributed by atoms with van der Waals surface area (Å²) in [5.74, 6) is 1.13. The van der Waals surface area contributed by atoms with Crippen LogP contribution in [-0.2, 0) is 0 Å². The van der Waals surface area contributed by atoms with Crippen molar-refractivity contribution >= 4 is 11.7 Å². The quantitative estimate of drug-likeness (QED) is 0.876. The number of nitrogens with zero attached hydrogens (tertiary/aromatic N) is 3. The molecule has 1 amide bonds. The van der Waals surface area contributed by atoms with Gasteiger partial charge in [-0.3, -0.25) is 4.79 Å². The van der Waals surface area contributed by atoms with Crippen LogP contribution in [0.15, 0.2) is 36.4 Å². The number of carbonyl (C=O) groups excluding carboxylic acids is 1. The van der Waals surface area contributed by atoms with E-state index in [1.165, 1.54) is 0 Å². The fraction of sp³-hybridized carbons (Fsp3) is 0.353. The number of carbonyl (C=O) groups is 1. The van der Waals surface area contributed by atoms with E-state index in [1.807, 2.05) is 29.2 Å². The molecule has 7 nitrogen and oxygen atoms in total. The van der Waals surface area contributed by atoms with Gasteiger partial charge < -0.3 is 20.1 Å². The molecule has 1 aromatic heterocycles. The third-order valence-corrected chi connectivity index (χ3v) is 4.16. The van der Waals surface area contributed by atoms with Crippen LogP contribution in [0.1, 0.15) is 28.5 Å². The summed E-state index contributed by atoms with van der Waals surface area (Å²) in [6.07, 6.45) is 0.160. The van der Waals surface area contributed by atoms with Gasteiger partial charge in [0.25, 0.3) is 5.91 Å². The molecule has 24 heavy (non-hydrogen) atoms. The molecule has 1 aliphatic rings. The van der Waals surface area contributed by atoms with Crippen LogP contribution in [0.3, 0.4) is 0 Å². The maximum absolute atomic E-state index is 11.6. The minimum Gasteiger partial charge on any atom is -0.497 e. The average molecular weight is 328 g/mol. The van der Waals surface area contributed by atoms with E-state index in [1.54, 1.807) is 26.3 Å². The van der Waals surface area contributed by atoms with Crippen LogP contribution in [0.5, 0.6) is 5.75 Å². The van der Waals surface area contributed by atoms with Crippen LogP contribution in [-0.4, -0.2) is 48.0 Å². The maximum Gasteiger partial charge on any atom is 0.271 e. The molecular formula is C17H20N4O3. The number of aromatic nitrogens is 2. The van der Waals surface area contributed by atoms with Gasteiger partial charge in [-0.15, -0.1) is 10.2 Å². The molecule has 0 bridgehead atoms. The fourth-order valence-electron chi connectivity index (χ4n) is 2.96. The molecule has 7 heteroatoms. The lowest BCUT2D eigenvalue weighted by atomic mass is 10.0. The number of ether oxygens (including phenoxy) is 1. The molecule has 1 fully saturated rings. The van der Waals surface area contributed by atoms with E-state index < -0.39 is 6.10 Å². The number of benzene rings is 1. The van der Waals surface area contributed by atoms with Crippen molar-refractivity contribution in [2.24, 2.45) is 0 Å². The predicted molar refractivity (Wildman–Crippen MR) is 89.1 cm³/mol. The Morgan fingerprint density at radius 1 is 1.33 bits per heavy atom. The molecule has 2 heterocycles. The van der Waals surface area contributed by atoms with Gasteiger partial charge in [-0.2, -0.15) is 0 Å². The van der Waals surface area contributed by atoms with Gasteiger partial charge in [0, 0.05) is 13.6 Å². The molecule has 1 aliphatic heterocycles. The number of hydrogen-bond donors (Lipinski definition) is 2. The molecule has 0 unspecified atom stereocenters. The smallest absolute Gasteiger partial charge is 0.271 e. The van der Waals surface area contributed by atoms with E-state index >= 15 is 0 Å². The van der Waals surface area contributed by atoms with E-state index in [9.17, 15) is 9.90 Å². The molecule has 0 aliphatic carbocycles. The van der Waals surface area contributed by atoms with Gasteiger partial charge in [0.05, 0.1) is 19.3 Å². The molecule has 2 aromatic rings. The van der Waals surface area contributed by atoms with Gasteiger partial charge in [-0.1, -0.05) is 12.1 Å².